The van der Waals surface area contributed by atoms with Gasteiger partial charge in [0.2, 0.25) is 5.91 Å². The Morgan fingerprint density at radius 2 is 2.08 bits per heavy atom. The fraction of sp³-hybridized carbons (Fsp3) is 0.438. The minimum Gasteiger partial charge on any atom is -0.370 e. The lowest BCUT2D eigenvalue weighted by atomic mass is 10.1. The molecule has 0 spiro atoms. The molecule has 1 fully saturated rings. The van der Waals surface area contributed by atoms with E-state index < -0.39 is 17.8 Å². The number of hydrogen-bond acceptors (Lipinski definition) is 3. The van der Waals surface area contributed by atoms with Gasteiger partial charge < -0.3 is 20.9 Å². The highest BCUT2D eigenvalue weighted by Crippen LogP contribution is 2.22. The number of carbonyl (C=O) groups is 3. The average molecular weight is 336 g/mol. The number of urea groups is 1. The molecule has 1 aliphatic heterocycles. The molecule has 3 N–H and O–H groups in total. The van der Waals surface area contributed by atoms with Crippen molar-refractivity contribution in [1.29, 1.82) is 0 Å². The normalized spacial score (nSPS) is 16.8. The Bertz CT molecular complexity index is 663. The minimum absolute atomic E-state index is 0.00802. The van der Waals surface area contributed by atoms with E-state index in [1.165, 1.54) is 21.9 Å². The zero-order valence-corrected chi connectivity index (χ0v) is 13.7. The van der Waals surface area contributed by atoms with Crippen LogP contribution in [0.25, 0.3) is 0 Å². The van der Waals surface area contributed by atoms with Crippen LogP contribution in [-0.4, -0.2) is 54.8 Å². The first kappa shape index (κ1) is 17.7. The molecule has 24 heavy (non-hydrogen) atoms. The molecule has 1 unspecified atom stereocenters. The van der Waals surface area contributed by atoms with Gasteiger partial charge in [-0.2, -0.15) is 0 Å². The number of carbonyl (C=O) groups excluding carboxylic acids is 3. The predicted molar refractivity (Wildman–Crippen MR) is 86.9 cm³/mol. The molecule has 0 aliphatic carbocycles. The van der Waals surface area contributed by atoms with Gasteiger partial charge in [-0.15, -0.1) is 0 Å². The van der Waals surface area contributed by atoms with E-state index in [4.69, 9.17) is 5.73 Å². The van der Waals surface area contributed by atoms with E-state index in [0.717, 1.165) is 6.07 Å². The number of nitrogens with one attached hydrogen (secondary N) is 1. The van der Waals surface area contributed by atoms with E-state index in [1.807, 2.05) is 0 Å². The second-order valence-electron chi connectivity index (χ2n) is 6.10. The van der Waals surface area contributed by atoms with Gasteiger partial charge in [0.05, 0.1) is 5.69 Å². The lowest BCUT2D eigenvalue weighted by molar-refractivity contribution is -0.118. The van der Waals surface area contributed by atoms with Crippen LogP contribution in [0.15, 0.2) is 18.2 Å². The average Bonchev–Trinajstić information content (AvgIpc) is 2.96. The SMILES string of the molecule is CN(C)C(=O)c1ccc(NC(=O)N2CCC(CC(N)=O)C2)c(F)c1. The zero-order chi connectivity index (χ0) is 17.9. The molecule has 8 heteroatoms. The van der Waals surface area contributed by atoms with Gasteiger partial charge in [-0.25, -0.2) is 9.18 Å². The van der Waals surface area contributed by atoms with Crippen LogP contribution in [-0.2, 0) is 4.79 Å². The number of nitrogens with two attached hydrogens (primary N) is 1. The van der Waals surface area contributed by atoms with Crippen LogP contribution in [0.3, 0.4) is 0 Å². The van der Waals surface area contributed by atoms with Gasteiger partial charge >= 0.3 is 6.03 Å². The van der Waals surface area contributed by atoms with E-state index in [1.54, 1.807) is 14.1 Å². The topological polar surface area (TPSA) is 95.7 Å². The Morgan fingerprint density at radius 1 is 1.38 bits per heavy atom. The van der Waals surface area contributed by atoms with Crippen LogP contribution < -0.4 is 11.1 Å². The second-order valence-corrected chi connectivity index (χ2v) is 6.10. The molecule has 1 atom stereocenters. The number of nitrogens with zero attached hydrogens (tertiary/aromatic N) is 2. The number of rotatable bonds is 4. The van der Waals surface area contributed by atoms with Crippen molar-refractivity contribution in [3.8, 4) is 0 Å². The van der Waals surface area contributed by atoms with E-state index in [9.17, 15) is 18.8 Å². The van der Waals surface area contributed by atoms with Crippen molar-refractivity contribution >= 4 is 23.5 Å². The zero-order valence-electron chi connectivity index (χ0n) is 13.7. The van der Waals surface area contributed by atoms with Crippen LogP contribution in [0.2, 0.25) is 0 Å². The highest BCUT2D eigenvalue weighted by atomic mass is 19.1. The number of primary amides is 1. The highest BCUT2D eigenvalue weighted by Gasteiger charge is 2.27. The third-order valence-electron chi connectivity index (χ3n) is 3.93. The van der Waals surface area contributed by atoms with Crippen molar-refractivity contribution < 1.29 is 18.8 Å². The van der Waals surface area contributed by atoms with Gasteiger partial charge in [0.1, 0.15) is 5.82 Å². The summed E-state index contributed by atoms with van der Waals surface area (Å²) in [6.45, 7) is 0.899. The lowest BCUT2D eigenvalue weighted by Crippen LogP contribution is -2.33. The third kappa shape index (κ3) is 4.21. The summed E-state index contributed by atoms with van der Waals surface area (Å²) in [4.78, 5) is 37.8. The smallest absolute Gasteiger partial charge is 0.321 e. The molecule has 130 valence electrons. The number of halogens is 1. The largest absolute Gasteiger partial charge is 0.370 e. The first-order valence-electron chi connectivity index (χ1n) is 7.63. The molecule has 0 radical (unpaired) electrons. The van der Waals surface area contributed by atoms with Gasteiger partial charge in [-0.3, -0.25) is 9.59 Å². The summed E-state index contributed by atoms with van der Waals surface area (Å²) in [5.74, 6) is -1.35. The molecular weight excluding hydrogens is 315 g/mol. The molecular formula is C16H21FN4O3. The fourth-order valence-electron chi connectivity index (χ4n) is 2.67. The van der Waals surface area contributed by atoms with Crippen molar-refractivity contribution in [3.63, 3.8) is 0 Å². The Kier molecular flexibility index (Phi) is 5.38. The summed E-state index contributed by atoms with van der Waals surface area (Å²) in [6.07, 6.45) is 0.925. The molecule has 1 aliphatic rings. The van der Waals surface area contributed by atoms with Crippen molar-refractivity contribution in [1.82, 2.24) is 9.80 Å². The summed E-state index contributed by atoms with van der Waals surface area (Å²) in [5, 5.41) is 2.49. The van der Waals surface area contributed by atoms with Crippen molar-refractivity contribution in [2.75, 3.05) is 32.5 Å². The number of anilines is 1. The van der Waals surface area contributed by atoms with Crippen molar-refractivity contribution in [2.24, 2.45) is 11.7 Å². The Hall–Kier alpha value is -2.64. The van der Waals surface area contributed by atoms with Gasteiger partial charge in [0.25, 0.3) is 5.91 Å². The second kappa shape index (κ2) is 7.29. The van der Waals surface area contributed by atoms with Crippen LogP contribution in [0.4, 0.5) is 14.9 Å². The summed E-state index contributed by atoms with van der Waals surface area (Å²) >= 11 is 0. The molecule has 0 saturated carbocycles. The van der Waals surface area contributed by atoms with E-state index in [-0.39, 0.29) is 29.5 Å². The van der Waals surface area contributed by atoms with E-state index in [0.29, 0.717) is 19.5 Å². The number of hydrogen-bond donors (Lipinski definition) is 2. The van der Waals surface area contributed by atoms with Gasteiger partial charge in [0.15, 0.2) is 0 Å². The van der Waals surface area contributed by atoms with Gasteiger partial charge in [-0.05, 0) is 30.5 Å². The molecule has 2 rings (SSSR count). The van der Waals surface area contributed by atoms with Crippen molar-refractivity contribution in [3.05, 3.63) is 29.6 Å². The third-order valence-corrected chi connectivity index (χ3v) is 3.93. The minimum atomic E-state index is -0.677. The maximum absolute atomic E-state index is 14.1. The molecule has 7 nitrogen and oxygen atoms in total. The molecule has 1 aromatic carbocycles. The van der Waals surface area contributed by atoms with Crippen LogP contribution in [0.1, 0.15) is 23.2 Å². The van der Waals surface area contributed by atoms with E-state index in [2.05, 4.69) is 5.32 Å². The summed E-state index contributed by atoms with van der Waals surface area (Å²) < 4.78 is 14.1. The summed E-state index contributed by atoms with van der Waals surface area (Å²) in [7, 11) is 3.15. The predicted octanol–water partition coefficient (Wildman–Crippen LogP) is 1.26. The maximum Gasteiger partial charge on any atom is 0.321 e. The number of benzene rings is 1. The van der Waals surface area contributed by atoms with Crippen LogP contribution in [0.5, 0.6) is 0 Å². The van der Waals surface area contributed by atoms with E-state index >= 15 is 0 Å². The lowest BCUT2D eigenvalue weighted by Gasteiger charge is -2.18. The molecule has 0 bridgehead atoms. The van der Waals surface area contributed by atoms with Gasteiger partial charge in [-0.1, -0.05) is 0 Å². The first-order chi connectivity index (χ1) is 11.3. The van der Waals surface area contributed by atoms with Crippen molar-refractivity contribution in [2.45, 2.75) is 12.8 Å². The molecule has 1 heterocycles. The number of likely N-dealkylation sites (tertiary alicyclic amines) is 1. The molecule has 4 amide bonds. The first-order valence-corrected chi connectivity index (χ1v) is 7.63. The summed E-state index contributed by atoms with van der Waals surface area (Å²) in [6, 6.07) is 3.48. The molecule has 1 aromatic rings. The maximum atomic E-state index is 14.1. The quantitative estimate of drug-likeness (QED) is 0.866. The number of amides is 4. The monoisotopic (exact) mass is 336 g/mol. The Morgan fingerprint density at radius 3 is 2.67 bits per heavy atom. The van der Waals surface area contributed by atoms with Gasteiger partial charge in [0, 0.05) is 39.2 Å². The van der Waals surface area contributed by atoms with Crippen LogP contribution >= 0.6 is 0 Å². The van der Waals surface area contributed by atoms with Crippen LogP contribution in [0, 0.1) is 11.7 Å². The fourth-order valence-corrected chi connectivity index (χ4v) is 2.67. The Balaban J connectivity index is 2.00. The summed E-state index contributed by atoms with van der Waals surface area (Å²) in [5.41, 5.74) is 5.37. The standard InChI is InChI=1S/C16H21FN4O3/c1-20(2)15(23)11-3-4-13(12(17)8-11)19-16(24)21-6-5-10(9-21)7-14(18)22/h3-4,8,10H,5-7,9H2,1-2H3,(H2,18,22)(H,19,24). The highest BCUT2D eigenvalue weighted by molar-refractivity contribution is 5.95. The Labute approximate surface area is 139 Å². The molecule has 1 saturated heterocycles. The molecule has 0 aromatic heterocycles.